The summed E-state index contributed by atoms with van der Waals surface area (Å²) in [5.74, 6) is -1.81. The van der Waals surface area contributed by atoms with Crippen molar-refractivity contribution in [1.82, 2.24) is 10.6 Å². The normalized spacial score (nSPS) is 23.4. The monoisotopic (exact) mass is 256 g/mol. The van der Waals surface area contributed by atoms with Crippen molar-refractivity contribution in [2.75, 3.05) is 13.7 Å². The summed E-state index contributed by atoms with van der Waals surface area (Å²) in [6.45, 7) is 0.383. The van der Waals surface area contributed by atoms with Crippen LogP contribution < -0.4 is 10.6 Å². The molecule has 0 aliphatic carbocycles. The van der Waals surface area contributed by atoms with Crippen molar-refractivity contribution in [3.8, 4) is 0 Å². The van der Waals surface area contributed by atoms with E-state index in [4.69, 9.17) is 4.74 Å². The second-order valence-electron chi connectivity index (χ2n) is 4.23. The highest BCUT2D eigenvalue weighted by Gasteiger charge is 2.27. The number of urea groups is 1. The predicted molar refractivity (Wildman–Crippen MR) is 61.0 cm³/mol. The van der Waals surface area contributed by atoms with Crippen LogP contribution in [0.4, 0.5) is 13.6 Å². The van der Waals surface area contributed by atoms with E-state index in [1.54, 1.807) is 7.11 Å². The molecule has 1 unspecified atom stereocenters. The number of hydrogen-bond acceptors (Lipinski definition) is 2. The second kappa shape index (κ2) is 5.30. The lowest BCUT2D eigenvalue weighted by atomic mass is 9.97. The summed E-state index contributed by atoms with van der Waals surface area (Å²) < 4.78 is 31.0. The third-order valence-electron chi connectivity index (χ3n) is 2.87. The lowest BCUT2D eigenvalue weighted by Gasteiger charge is -2.31. The Hall–Kier alpha value is -1.69. The molecule has 18 heavy (non-hydrogen) atoms. The number of methoxy groups -OCH3 is 1. The molecule has 0 radical (unpaired) electrons. The van der Waals surface area contributed by atoms with E-state index in [9.17, 15) is 13.6 Å². The third-order valence-corrected chi connectivity index (χ3v) is 2.87. The standard InChI is InChI=1S/C12H14F2N2O2/c1-18-6-8-5-11(16-12(17)15-8)7-2-3-9(13)10(14)4-7/h2-4,8,11H,5-6H2,1H3,(H2,15,16,17)/t8?,11-/m0/s1. The van der Waals surface area contributed by atoms with Crippen molar-refractivity contribution in [3.05, 3.63) is 35.4 Å². The van der Waals surface area contributed by atoms with Crippen LogP contribution in [0.1, 0.15) is 18.0 Å². The maximum Gasteiger partial charge on any atom is 0.315 e. The molecule has 1 aliphatic heterocycles. The molecule has 0 saturated carbocycles. The Kier molecular flexibility index (Phi) is 3.76. The van der Waals surface area contributed by atoms with Gasteiger partial charge in [0.25, 0.3) is 0 Å². The van der Waals surface area contributed by atoms with E-state index in [-0.39, 0.29) is 18.1 Å². The van der Waals surface area contributed by atoms with Gasteiger partial charge in [0.15, 0.2) is 11.6 Å². The number of carbonyl (C=O) groups excluding carboxylic acids is 1. The van der Waals surface area contributed by atoms with E-state index in [2.05, 4.69) is 10.6 Å². The summed E-state index contributed by atoms with van der Waals surface area (Å²) in [7, 11) is 1.54. The van der Waals surface area contributed by atoms with E-state index in [0.29, 0.717) is 18.6 Å². The first-order valence-corrected chi connectivity index (χ1v) is 5.61. The molecule has 1 heterocycles. The van der Waals surface area contributed by atoms with Crippen molar-refractivity contribution in [2.24, 2.45) is 0 Å². The molecule has 2 rings (SSSR count). The molecule has 1 fully saturated rings. The minimum atomic E-state index is -0.913. The summed E-state index contributed by atoms with van der Waals surface area (Å²) in [4.78, 5) is 11.4. The summed E-state index contributed by atoms with van der Waals surface area (Å²) in [6, 6.07) is 2.83. The molecule has 1 saturated heterocycles. The molecular weight excluding hydrogens is 242 g/mol. The minimum absolute atomic E-state index is 0.137. The fraction of sp³-hybridized carbons (Fsp3) is 0.417. The Morgan fingerprint density at radius 2 is 2.11 bits per heavy atom. The van der Waals surface area contributed by atoms with Crippen LogP contribution in [-0.2, 0) is 4.74 Å². The van der Waals surface area contributed by atoms with E-state index in [1.807, 2.05) is 0 Å². The number of nitrogens with one attached hydrogen (secondary N) is 2. The van der Waals surface area contributed by atoms with Crippen LogP contribution in [0.15, 0.2) is 18.2 Å². The lowest BCUT2D eigenvalue weighted by molar-refractivity contribution is 0.146. The number of amides is 2. The van der Waals surface area contributed by atoms with Gasteiger partial charge in [0.1, 0.15) is 0 Å². The van der Waals surface area contributed by atoms with Crippen molar-refractivity contribution in [1.29, 1.82) is 0 Å². The van der Waals surface area contributed by atoms with Gasteiger partial charge in [0.2, 0.25) is 0 Å². The van der Waals surface area contributed by atoms with Gasteiger partial charge >= 0.3 is 6.03 Å². The first kappa shape index (κ1) is 12.8. The first-order chi connectivity index (χ1) is 8.60. The number of ether oxygens (including phenoxy) is 1. The van der Waals surface area contributed by atoms with Crippen molar-refractivity contribution in [3.63, 3.8) is 0 Å². The molecule has 0 bridgehead atoms. The number of carbonyl (C=O) groups is 1. The number of halogens is 2. The molecule has 0 spiro atoms. The van der Waals surface area contributed by atoms with E-state index in [1.165, 1.54) is 6.07 Å². The van der Waals surface area contributed by atoms with Crippen LogP contribution in [0.25, 0.3) is 0 Å². The number of hydrogen-bond donors (Lipinski definition) is 2. The molecule has 1 aromatic carbocycles. The van der Waals surface area contributed by atoms with Gasteiger partial charge in [-0.2, -0.15) is 0 Å². The highest BCUT2D eigenvalue weighted by atomic mass is 19.2. The van der Waals surface area contributed by atoms with Crippen LogP contribution in [0, 0.1) is 11.6 Å². The van der Waals surface area contributed by atoms with E-state index < -0.39 is 11.6 Å². The highest BCUT2D eigenvalue weighted by Crippen LogP contribution is 2.23. The molecule has 2 N–H and O–H groups in total. The molecule has 1 aliphatic rings. The highest BCUT2D eigenvalue weighted by molar-refractivity contribution is 5.75. The zero-order valence-electron chi connectivity index (χ0n) is 9.87. The van der Waals surface area contributed by atoms with Gasteiger partial charge in [-0.05, 0) is 24.1 Å². The predicted octanol–water partition coefficient (Wildman–Crippen LogP) is 1.72. The van der Waals surface area contributed by atoms with Gasteiger partial charge in [-0.15, -0.1) is 0 Å². The maximum absolute atomic E-state index is 13.1. The Balaban J connectivity index is 2.15. The zero-order valence-corrected chi connectivity index (χ0v) is 9.87. The van der Waals surface area contributed by atoms with E-state index >= 15 is 0 Å². The van der Waals surface area contributed by atoms with Crippen LogP contribution in [0.3, 0.4) is 0 Å². The number of rotatable bonds is 3. The molecule has 2 atom stereocenters. The van der Waals surface area contributed by atoms with Gasteiger partial charge < -0.3 is 15.4 Å². The van der Waals surface area contributed by atoms with Gasteiger partial charge in [0.05, 0.1) is 18.7 Å². The van der Waals surface area contributed by atoms with Crippen molar-refractivity contribution < 1.29 is 18.3 Å². The minimum Gasteiger partial charge on any atom is -0.383 e. The van der Waals surface area contributed by atoms with Crippen LogP contribution in [0.5, 0.6) is 0 Å². The third kappa shape index (κ3) is 2.76. The smallest absolute Gasteiger partial charge is 0.315 e. The Labute approximate surface area is 103 Å². The average Bonchev–Trinajstić information content (AvgIpc) is 2.32. The molecule has 6 heteroatoms. The maximum atomic E-state index is 13.1. The second-order valence-corrected chi connectivity index (χ2v) is 4.23. The topological polar surface area (TPSA) is 50.4 Å². The SMILES string of the molecule is COCC1C[C@@H](c2ccc(F)c(F)c2)NC(=O)N1. The largest absolute Gasteiger partial charge is 0.383 e. The summed E-state index contributed by atoms with van der Waals surface area (Å²) in [5, 5.41) is 5.37. The first-order valence-electron chi connectivity index (χ1n) is 5.61. The summed E-state index contributed by atoms with van der Waals surface area (Å²) in [5.41, 5.74) is 0.546. The van der Waals surface area contributed by atoms with Gasteiger partial charge in [-0.3, -0.25) is 0 Å². The summed E-state index contributed by atoms with van der Waals surface area (Å²) >= 11 is 0. The van der Waals surface area contributed by atoms with Crippen LogP contribution >= 0.6 is 0 Å². The number of benzene rings is 1. The molecule has 4 nitrogen and oxygen atoms in total. The van der Waals surface area contributed by atoms with Crippen LogP contribution in [-0.4, -0.2) is 25.8 Å². The Morgan fingerprint density at radius 1 is 1.33 bits per heavy atom. The van der Waals surface area contributed by atoms with Crippen molar-refractivity contribution in [2.45, 2.75) is 18.5 Å². The Morgan fingerprint density at radius 3 is 2.78 bits per heavy atom. The molecule has 2 amide bonds. The van der Waals surface area contributed by atoms with Gasteiger partial charge in [-0.1, -0.05) is 6.07 Å². The van der Waals surface area contributed by atoms with E-state index in [0.717, 1.165) is 12.1 Å². The zero-order chi connectivity index (χ0) is 13.1. The molecular formula is C12H14F2N2O2. The fourth-order valence-electron chi connectivity index (χ4n) is 2.05. The molecule has 1 aromatic rings. The van der Waals surface area contributed by atoms with Crippen LogP contribution in [0.2, 0.25) is 0 Å². The van der Waals surface area contributed by atoms with Gasteiger partial charge in [0, 0.05) is 7.11 Å². The lowest BCUT2D eigenvalue weighted by Crippen LogP contribution is -2.52. The molecule has 98 valence electrons. The van der Waals surface area contributed by atoms with Crippen molar-refractivity contribution >= 4 is 6.03 Å². The average molecular weight is 256 g/mol. The Bertz CT molecular complexity index is 454. The summed E-state index contributed by atoms with van der Waals surface area (Å²) in [6.07, 6.45) is 0.560. The molecule has 0 aromatic heterocycles. The van der Waals surface area contributed by atoms with Gasteiger partial charge in [-0.25, -0.2) is 13.6 Å². The quantitative estimate of drug-likeness (QED) is 0.865. The fourth-order valence-corrected chi connectivity index (χ4v) is 2.05.